The lowest BCUT2D eigenvalue weighted by molar-refractivity contribution is 0.124. The van der Waals surface area contributed by atoms with Crippen molar-refractivity contribution in [3.05, 3.63) is 0 Å². The van der Waals surface area contributed by atoms with Crippen LogP contribution in [0.4, 0.5) is 0 Å². The van der Waals surface area contributed by atoms with E-state index in [4.69, 9.17) is 0 Å². The zero-order valence-electron chi connectivity index (χ0n) is 12.8. The minimum atomic E-state index is 0.595. The Morgan fingerprint density at radius 3 is 2.21 bits per heavy atom. The first-order valence-electron chi connectivity index (χ1n) is 8.79. The molecule has 3 aliphatic rings. The van der Waals surface area contributed by atoms with E-state index in [1.54, 1.807) is 0 Å². The molecule has 3 saturated carbocycles. The monoisotopic (exact) mass is 264 g/mol. The first-order chi connectivity index (χ1) is 9.31. The van der Waals surface area contributed by atoms with Crippen LogP contribution >= 0.6 is 0 Å². The van der Waals surface area contributed by atoms with Gasteiger partial charge in [-0.15, -0.1) is 0 Å². The van der Waals surface area contributed by atoms with Gasteiger partial charge in [0.2, 0.25) is 0 Å². The van der Waals surface area contributed by atoms with E-state index in [9.17, 15) is 0 Å². The second-order valence-electron chi connectivity index (χ2n) is 7.36. The summed E-state index contributed by atoms with van der Waals surface area (Å²) in [6, 6.07) is 1.81. The topological polar surface area (TPSA) is 15.3 Å². The summed E-state index contributed by atoms with van der Waals surface area (Å²) in [7, 11) is 0. The van der Waals surface area contributed by atoms with Gasteiger partial charge in [0.15, 0.2) is 0 Å². The smallest absolute Gasteiger partial charge is 0.00965 e. The first kappa shape index (κ1) is 13.9. The van der Waals surface area contributed by atoms with Gasteiger partial charge in [0, 0.05) is 25.2 Å². The molecule has 1 N–H and O–H groups in total. The van der Waals surface area contributed by atoms with Crippen LogP contribution in [0.3, 0.4) is 0 Å². The summed E-state index contributed by atoms with van der Waals surface area (Å²) < 4.78 is 0. The molecule has 0 heterocycles. The van der Waals surface area contributed by atoms with Crippen LogP contribution in [0.1, 0.15) is 71.1 Å². The molecule has 0 unspecified atom stereocenters. The Balaban J connectivity index is 1.61. The fraction of sp³-hybridized carbons (Fsp3) is 1.00. The van der Waals surface area contributed by atoms with Crippen LogP contribution < -0.4 is 5.32 Å². The number of nitrogens with one attached hydrogen (secondary N) is 1. The predicted molar refractivity (Wildman–Crippen MR) is 81.4 cm³/mol. The first-order valence-corrected chi connectivity index (χ1v) is 8.79. The summed E-state index contributed by atoms with van der Waals surface area (Å²) in [5.41, 5.74) is 0.595. The molecule has 3 rings (SSSR count). The fourth-order valence-corrected chi connectivity index (χ4v) is 3.89. The van der Waals surface area contributed by atoms with E-state index >= 15 is 0 Å². The second-order valence-corrected chi connectivity index (χ2v) is 7.36. The van der Waals surface area contributed by atoms with E-state index in [0.717, 1.165) is 12.1 Å². The summed E-state index contributed by atoms with van der Waals surface area (Å²) >= 11 is 0. The third-order valence-corrected chi connectivity index (χ3v) is 5.52. The quantitative estimate of drug-likeness (QED) is 0.707. The standard InChI is InChI=1S/C17H32N2/c1-2-19(16-9-10-16)14-17(13-18-15-7-8-15)11-5-3-4-6-12-17/h15-16,18H,2-14H2,1H3. The molecule has 19 heavy (non-hydrogen) atoms. The van der Waals surface area contributed by atoms with Gasteiger partial charge in [-0.2, -0.15) is 0 Å². The SMILES string of the molecule is CCN(CC1(CNC2CC2)CCCCCC1)C1CC1. The highest BCUT2D eigenvalue weighted by Gasteiger charge is 2.38. The molecule has 0 saturated heterocycles. The van der Waals surface area contributed by atoms with E-state index in [2.05, 4.69) is 17.1 Å². The summed E-state index contributed by atoms with van der Waals surface area (Å²) in [5, 5.41) is 3.86. The molecule has 0 aromatic heterocycles. The van der Waals surface area contributed by atoms with E-state index in [1.807, 2.05) is 0 Å². The van der Waals surface area contributed by atoms with Gasteiger partial charge in [0.1, 0.15) is 0 Å². The summed E-state index contributed by atoms with van der Waals surface area (Å²) in [4.78, 5) is 2.79. The molecule has 3 aliphatic carbocycles. The molecule has 0 bridgehead atoms. The van der Waals surface area contributed by atoms with Crippen LogP contribution in [0, 0.1) is 5.41 Å². The fourth-order valence-electron chi connectivity index (χ4n) is 3.89. The van der Waals surface area contributed by atoms with Crippen molar-refractivity contribution in [2.45, 2.75) is 83.2 Å². The van der Waals surface area contributed by atoms with Crippen LogP contribution in [0.5, 0.6) is 0 Å². The molecule has 0 aliphatic heterocycles. The van der Waals surface area contributed by atoms with Gasteiger partial charge >= 0.3 is 0 Å². The second kappa shape index (κ2) is 6.13. The normalized spacial score (nSPS) is 27.5. The highest BCUT2D eigenvalue weighted by molar-refractivity contribution is 4.94. The number of nitrogens with zero attached hydrogens (tertiary/aromatic N) is 1. The van der Waals surface area contributed by atoms with E-state index in [1.165, 1.54) is 83.8 Å². The lowest BCUT2D eigenvalue weighted by atomic mass is 9.79. The molecule has 2 heteroatoms. The lowest BCUT2D eigenvalue weighted by Gasteiger charge is -2.38. The van der Waals surface area contributed by atoms with Crippen molar-refractivity contribution in [2.24, 2.45) is 5.41 Å². The molecule has 0 spiro atoms. The Kier molecular flexibility index (Phi) is 4.48. The van der Waals surface area contributed by atoms with E-state index in [0.29, 0.717) is 5.41 Å². The molecule has 0 amide bonds. The number of hydrogen-bond acceptors (Lipinski definition) is 2. The number of rotatable bonds is 7. The average Bonchev–Trinajstić information content (AvgIpc) is 3.31. The Morgan fingerprint density at radius 2 is 1.68 bits per heavy atom. The van der Waals surface area contributed by atoms with Gasteiger partial charge in [-0.3, -0.25) is 0 Å². The Morgan fingerprint density at radius 1 is 1.00 bits per heavy atom. The van der Waals surface area contributed by atoms with Crippen molar-refractivity contribution >= 4 is 0 Å². The molecule has 0 atom stereocenters. The maximum atomic E-state index is 3.86. The summed E-state index contributed by atoms with van der Waals surface area (Å²) in [6.45, 7) is 6.28. The molecule has 2 nitrogen and oxygen atoms in total. The van der Waals surface area contributed by atoms with Crippen LogP contribution in [-0.4, -0.2) is 36.6 Å². The highest BCUT2D eigenvalue weighted by atomic mass is 15.2. The molecule has 110 valence electrons. The van der Waals surface area contributed by atoms with Crippen molar-refractivity contribution in [3.63, 3.8) is 0 Å². The molecule has 0 aromatic rings. The van der Waals surface area contributed by atoms with Gasteiger partial charge in [0.05, 0.1) is 0 Å². The molecular weight excluding hydrogens is 232 g/mol. The Labute approximate surface area is 119 Å². The third-order valence-electron chi connectivity index (χ3n) is 5.52. The van der Waals surface area contributed by atoms with Gasteiger partial charge < -0.3 is 10.2 Å². The predicted octanol–water partition coefficient (Wildman–Crippen LogP) is 3.56. The maximum absolute atomic E-state index is 3.86. The van der Waals surface area contributed by atoms with Crippen LogP contribution in [0.25, 0.3) is 0 Å². The average molecular weight is 264 g/mol. The van der Waals surface area contributed by atoms with E-state index < -0.39 is 0 Å². The lowest BCUT2D eigenvalue weighted by Crippen LogP contribution is -2.45. The Hall–Kier alpha value is -0.0800. The zero-order valence-corrected chi connectivity index (χ0v) is 12.8. The maximum Gasteiger partial charge on any atom is 0.00965 e. The molecule has 0 radical (unpaired) electrons. The summed E-state index contributed by atoms with van der Waals surface area (Å²) in [6.07, 6.45) is 14.6. The number of hydrogen-bond donors (Lipinski definition) is 1. The van der Waals surface area contributed by atoms with Crippen molar-refractivity contribution < 1.29 is 0 Å². The van der Waals surface area contributed by atoms with Crippen LogP contribution in [0.15, 0.2) is 0 Å². The van der Waals surface area contributed by atoms with Gasteiger partial charge in [0.25, 0.3) is 0 Å². The third kappa shape index (κ3) is 3.95. The molecular formula is C17H32N2. The van der Waals surface area contributed by atoms with Gasteiger partial charge in [-0.25, -0.2) is 0 Å². The zero-order chi connectivity index (χ0) is 13.1. The van der Waals surface area contributed by atoms with Crippen molar-refractivity contribution in [3.8, 4) is 0 Å². The minimum Gasteiger partial charge on any atom is -0.313 e. The van der Waals surface area contributed by atoms with Gasteiger partial charge in [-0.05, 0) is 50.5 Å². The largest absolute Gasteiger partial charge is 0.313 e. The molecule has 0 aromatic carbocycles. The van der Waals surface area contributed by atoms with E-state index in [-0.39, 0.29) is 0 Å². The van der Waals surface area contributed by atoms with Crippen molar-refractivity contribution in [1.82, 2.24) is 10.2 Å². The van der Waals surface area contributed by atoms with Crippen molar-refractivity contribution in [1.29, 1.82) is 0 Å². The van der Waals surface area contributed by atoms with Gasteiger partial charge in [-0.1, -0.05) is 32.6 Å². The summed E-state index contributed by atoms with van der Waals surface area (Å²) in [5.74, 6) is 0. The van der Waals surface area contributed by atoms with Crippen LogP contribution in [0.2, 0.25) is 0 Å². The highest BCUT2D eigenvalue weighted by Crippen LogP contribution is 2.39. The van der Waals surface area contributed by atoms with Crippen molar-refractivity contribution in [2.75, 3.05) is 19.6 Å². The molecule has 3 fully saturated rings. The van der Waals surface area contributed by atoms with Crippen LogP contribution in [-0.2, 0) is 0 Å². The Bertz CT molecular complexity index is 273. The minimum absolute atomic E-state index is 0.595.